The van der Waals surface area contributed by atoms with Crippen LogP contribution in [0.2, 0.25) is 0 Å². The minimum absolute atomic E-state index is 0.792. The van der Waals surface area contributed by atoms with Gasteiger partial charge in [0.2, 0.25) is 0 Å². The van der Waals surface area contributed by atoms with Crippen LogP contribution < -0.4 is 0 Å². The zero-order valence-electron chi connectivity index (χ0n) is 9.22. The van der Waals surface area contributed by atoms with Crippen LogP contribution >= 0.6 is 0 Å². The minimum Gasteiger partial charge on any atom is -0.0843 e. The molecular formula is C13H22. The third-order valence-corrected chi connectivity index (χ3v) is 2.87. The molecule has 1 rings (SSSR count). The van der Waals surface area contributed by atoms with Crippen molar-refractivity contribution in [2.45, 2.75) is 46.5 Å². The Bertz CT molecular complexity index is 196. The van der Waals surface area contributed by atoms with Crippen LogP contribution in [0.25, 0.3) is 0 Å². The van der Waals surface area contributed by atoms with Crippen molar-refractivity contribution in [3.05, 3.63) is 23.8 Å². The molecule has 0 saturated heterocycles. The third kappa shape index (κ3) is 3.02. The van der Waals surface area contributed by atoms with Crippen molar-refractivity contribution >= 4 is 0 Å². The van der Waals surface area contributed by atoms with Crippen LogP contribution in [0, 0.1) is 11.8 Å². The molecule has 74 valence electrons. The molecule has 0 N–H and O–H groups in total. The summed E-state index contributed by atoms with van der Waals surface area (Å²) in [6, 6.07) is 0. The molecule has 0 heterocycles. The van der Waals surface area contributed by atoms with Gasteiger partial charge in [-0.25, -0.2) is 0 Å². The lowest BCUT2D eigenvalue weighted by atomic mass is 9.85. The van der Waals surface area contributed by atoms with Gasteiger partial charge in [-0.1, -0.05) is 39.0 Å². The number of rotatable bonds is 2. The van der Waals surface area contributed by atoms with Gasteiger partial charge in [-0.3, -0.25) is 0 Å². The highest BCUT2D eigenvalue weighted by Crippen LogP contribution is 2.30. The number of hydrogen-bond acceptors (Lipinski definition) is 0. The Balaban J connectivity index is 2.76. The minimum atomic E-state index is 0.792. The van der Waals surface area contributed by atoms with E-state index < -0.39 is 0 Å². The monoisotopic (exact) mass is 178 g/mol. The summed E-state index contributed by atoms with van der Waals surface area (Å²) in [6.07, 6.45) is 12.3. The Hall–Kier alpha value is -0.520. The summed E-state index contributed by atoms with van der Waals surface area (Å²) in [5, 5.41) is 0. The summed E-state index contributed by atoms with van der Waals surface area (Å²) in [4.78, 5) is 0. The molecule has 1 atom stereocenters. The maximum absolute atomic E-state index is 2.40. The van der Waals surface area contributed by atoms with Crippen molar-refractivity contribution in [3.63, 3.8) is 0 Å². The van der Waals surface area contributed by atoms with E-state index in [0.717, 1.165) is 11.8 Å². The first-order chi connectivity index (χ1) is 6.25. The average Bonchev–Trinajstić information content (AvgIpc) is 2.30. The molecule has 0 spiro atoms. The second-order valence-corrected chi connectivity index (χ2v) is 4.30. The first-order valence-corrected chi connectivity index (χ1v) is 5.62. The summed E-state index contributed by atoms with van der Waals surface area (Å²) >= 11 is 0. The maximum Gasteiger partial charge on any atom is -0.0142 e. The zero-order chi connectivity index (χ0) is 9.68. The van der Waals surface area contributed by atoms with Crippen molar-refractivity contribution in [2.24, 2.45) is 11.8 Å². The lowest BCUT2D eigenvalue weighted by molar-refractivity contribution is 0.416. The molecule has 0 aromatic heterocycles. The SMILES string of the molecule is CCC=C1C=CCCCC1C(C)C. The molecule has 0 aromatic carbocycles. The highest BCUT2D eigenvalue weighted by atomic mass is 14.2. The fourth-order valence-electron chi connectivity index (χ4n) is 2.14. The van der Waals surface area contributed by atoms with Crippen LogP contribution in [0.5, 0.6) is 0 Å². The third-order valence-electron chi connectivity index (χ3n) is 2.87. The van der Waals surface area contributed by atoms with E-state index in [0.29, 0.717) is 0 Å². The van der Waals surface area contributed by atoms with Gasteiger partial charge in [-0.15, -0.1) is 0 Å². The van der Waals surface area contributed by atoms with Crippen LogP contribution in [0.15, 0.2) is 23.8 Å². The topological polar surface area (TPSA) is 0 Å². The zero-order valence-corrected chi connectivity index (χ0v) is 9.22. The first-order valence-electron chi connectivity index (χ1n) is 5.62. The lowest BCUT2D eigenvalue weighted by Gasteiger charge is -2.20. The fraction of sp³-hybridized carbons (Fsp3) is 0.692. The molecule has 0 saturated carbocycles. The molecule has 1 unspecified atom stereocenters. The van der Waals surface area contributed by atoms with E-state index in [9.17, 15) is 0 Å². The Kier molecular flexibility index (Phi) is 4.27. The predicted octanol–water partition coefficient (Wildman–Crippen LogP) is 4.34. The van der Waals surface area contributed by atoms with Crippen molar-refractivity contribution in [1.29, 1.82) is 0 Å². The van der Waals surface area contributed by atoms with Crippen molar-refractivity contribution in [3.8, 4) is 0 Å². The van der Waals surface area contributed by atoms with Crippen LogP contribution in [-0.4, -0.2) is 0 Å². The summed E-state index contributed by atoms with van der Waals surface area (Å²) < 4.78 is 0. The fourth-order valence-corrected chi connectivity index (χ4v) is 2.14. The van der Waals surface area contributed by atoms with Crippen molar-refractivity contribution in [2.75, 3.05) is 0 Å². The Morgan fingerprint density at radius 2 is 2.31 bits per heavy atom. The Morgan fingerprint density at radius 1 is 1.54 bits per heavy atom. The van der Waals surface area contributed by atoms with E-state index in [2.05, 4.69) is 39.0 Å². The van der Waals surface area contributed by atoms with Crippen LogP contribution in [-0.2, 0) is 0 Å². The van der Waals surface area contributed by atoms with Gasteiger partial charge in [-0.2, -0.15) is 0 Å². The molecule has 0 aliphatic heterocycles. The Labute approximate surface area is 82.7 Å². The number of allylic oxidation sites excluding steroid dienone is 4. The summed E-state index contributed by atoms with van der Waals surface area (Å²) in [5.41, 5.74) is 1.58. The lowest BCUT2D eigenvalue weighted by Crippen LogP contribution is -2.09. The van der Waals surface area contributed by atoms with Crippen molar-refractivity contribution < 1.29 is 0 Å². The molecule has 0 amide bonds. The number of hydrogen-bond donors (Lipinski definition) is 0. The first kappa shape index (κ1) is 10.6. The molecule has 0 nitrogen and oxygen atoms in total. The van der Waals surface area contributed by atoms with Gasteiger partial charge in [0.15, 0.2) is 0 Å². The van der Waals surface area contributed by atoms with Crippen LogP contribution in [0.4, 0.5) is 0 Å². The molecular weight excluding hydrogens is 156 g/mol. The maximum atomic E-state index is 2.40. The van der Waals surface area contributed by atoms with E-state index in [1.807, 2.05) is 0 Å². The van der Waals surface area contributed by atoms with Crippen LogP contribution in [0.1, 0.15) is 46.5 Å². The van der Waals surface area contributed by atoms with E-state index >= 15 is 0 Å². The normalized spacial score (nSPS) is 26.8. The molecule has 1 aliphatic carbocycles. The highest BCUT2D eigenvalue weighted by molar-refractivity contribution is 5.23. The smallest absolute Gasteiger partial charge is 0.0142 e. The molecule has 0 radical (unpaired) electrons. The van der Waals surface area contributed by atoms with Crippen LogP contribution in [0.3, 0.4) is 0 Å². The molecule has 13 heavy (non-hydrogen) atoms. The second-order valence-electron chi connectivity index (χ2n) is 4.30. The van der Waals surface area contributed by atoms with Gasteiger partial charge in [0.1, 0.15) is 0 Å². The summed E-state index contributed by atoms with van der Waals surface area (Å²) in [6.45, 7) is 6.91. The van der Waals surface area contributed by atoms with Gasteiger partial charge >= 0.3 is 0 Å². The second kappa shape index (κ2) is 5.26. The van der Waals surface area contributed by atoms with E-state index in [1.165, 1.54) is 25.7 Å². The molecule has 1 aliphatic rings. The molecule has 0 heteroatoms. The summed E-state index contributed by atoms with van der Waals surface area (Å²) in [7, 11) is 0. The van der Waals surface area contributed by atoms with Gasteiger partial charge in [0.25, 0.3) is 0 Å². The highest BCUT2D eigenvalue weighted by Gasteiger charge is 2.17. The molecule has 0 bridgehead atoms. The van der Waals surface area contributed by atoms with E-state index in [4.69, 9.17) is 0 Å². The van der Waals surface area contributed by atoms with Gasteiger partial charge in [-0.05, 0) is 43.1 Å². The van der Waals surface area contributed by atoms with Gasteiger partial charge in [0.05, 0.1) is 0 Å². The molecule has 0 fully saturated rings. The predicted molar refractivity (Wildman–Crippen MR) is 59.7 cm³/mol. The van der Waals surface area contributed by atoms with E-state index in [1.54, 1.807) is 5.57 Å². The van der Waals surface area contributed by atoms with Gasteiger partial charge in [0, 0.05) is 0 Å². The van der Waals surface area contributed by atoms with Crippen molar-refractivity contribution in [1.82, 2.24) is 0 Å². The standard InChI is InChI=1S/C13H22/c1-4-8-12-9-6-5-7-10-13(12)11(2)3/h6,8-9,11,13H,4-5,7,10H2,1-3H3. The molecule has 0 aromatic rings. The largest absolute Gasteiger partial charge is 0.0843 e. The Morgan fingerprint density at radius 3 is 2.92 bits per heavy atom. The summed E-state index contributed by atoms with van der Waals surface area (Å²) in [5.74, 6) is 1.60. The average molecular weight is 178 g/mol. The van der Waals surface area contributed by atoms with Gasteiger partial charge < -0.3 is 0 Å². The van der Waals surface area contributed by atoms with E-state index in [-0.39, 0.29) is 0 Å². The quantitative estimate of drug-likeness (QED) is 0.590.